The van der Waals surface area contributed by atoms with E-state index in [2.05, 4.69) is 26.4 Å². The first-order valence-electron chi connectivity index (χ1n) is 11.1. The molecule has 0 aliphatic carbocycles. The van der Waals surface area contributed by atoms with E-state index in [1.807, 2.05) is 49.4 Å². The lowest BCUT2D eigenvalue weighted by Crippen LogP contribution is -2.51. The molecule has 34 heavy (non-hydrogen) atoms. The van der Waals surface area contributed by atoms with Gasteiger partial charge in [0.2, 0.25) is 0 Å². The number of allylic oxidation sites excluding steroid dienone is 2. The number of nitrogens with zero attached hydrogens (tertiary/aromatic N) is 4. The van der Waals surface area contributed by atoms with Gasteiger partial charge in [-0.1, -0.05) is 42.4 Å². The fourth-order valence-electron chi connectivity index (χ4n) is 4.06. The van der Waals surface area contributed by atoms with E-state index in [4.69, 9.17) is 11.6 Å². The number of aryl methyl sites for hydroxylation is 1. The SMILES string of the molecule is C=C(/C=C\C(=NC)N1CCN(C(=O)C(O)c2ccccc2C)CC1)c1nc2ccc(Cl)cc2[nH]1. The minimum Gasteiger partial charge on any atom is -0.378 e. The molecular formula is C26H28ClN5O2. The van der Waals surface area contributed by atoms with Gasteiger partial charge in [-0.3, -0.25) is 9.79 Å². The van der Waals surface area contributed by atoms with Crippen LogP contribution >= 0.6 is 11.6 Å². The number of aliphatic hydroxyl groups is 1. The Kier molecular flexibility index (Phi) is 7.14. The minimum atomic E-state index is -1.14. The van der Waals surface area contributed by atoms with E-state index < -0.39 is 6.10 Å². The zero-order valence-electron chi connectivity index (χ0n) is 19.3. The maximum absolute atomic E-state index is 12.8. The molecule has 1 fully saturated rings. The highest BCUT2D eigenvalue weighted by Crippen LogP contribution is 2.22. The van der Waals surface area contributed by atoms with E-state index in [9.17, 15) is 9.90 Å². The fraction of sp³-hybridized carbons (Fsp3) is 0.269. The number of fused-ring (bicyclic) bond motifs is 1. The lowest BCUT2D eigenvalue weighted by molar-refractivity contribution is -0.141. The molecule has 4 rings (SSSR count). The number of nitrogens with one attached hydrogen (secondary N) is 1. The van der Waals surface area contributed by atoms with E-state index in [1.54, 1.807) is 24.1 Å². The summed E-state index contributed by atoms with van der Waals surface area (Å²) in [7, 11) is 1.74. The van der Waals surface area contributed by atoms with Crippen molar-refractivity contribution in [3.63, 3.8) is 0 Å². The Balaban J connectivity index is 1.37. The number of aliphatic hydroxyl groups excluding tert-OH is 1. The van der Waals surface area contributed by atoms with Gasteiger partial charge in [-0.15, -0.1) is 0 Å². The molecule has 1 unspecified atom stereocenters. The van der Waals surface area contributed by atoms with Gasteiger partial charge >= 0.3 is 0 Å². The van der Waals surface area contributed by atoms with Gasteiger partial charge in [0.1, 0.15) is 11.7 Å². The van der Waals surface area contributed by atoms with Crippen LogP contribution < -0.4 is 0 Å². The van der Waals surface area contributed by atoms with Crippen LogP contribution in [-0.2, 0) is 4.79 Å². The second kappa shape index (κ2) is 10.2. The highest BCUT2D eigenvalue weighted by molar-refractivity contribution is 6.31. The summed E-state index contributed by atoms with van der Waals surface area (Å²) in [5, 5.41) is 11.2. The van der Waals surface area contributed by atoms with E-state index in [1.165, 1.54) is 0 Å². The minimum absolute atomic E-state index is 0.266. The third-order valence-corrected chi connectivity index (χ3v) is 6.28. The molecule has 2 heterocycles. The van der Waals surface area contributed by atoms with Crippen LogP contribution in [0.5, 0.6) is 0 Å². The number of aromatic nitrogens is 2. The van der Waals surface area contributed by atoms with Crippen molar-refractivity contribution >= 4 is 40.0 Å². The molecule has 0 bridgehead atoms. The number of hydrogen-bond donors (Lipinski definition) is 2. The molecule has 1 aliphatic heterocycles. The molecule has 0 radical (unpaired) electrons. The molecule has 1 saturated heterocycles. The number of amidine groups is 1. The highest BCUT2D eigenvalue weighted by atomic mass is 35.5. The van der Waals surface area contributed by atoms with Crippen LogP contribution in [-0.4, -0.2) is 69.8 Å². The maximum Gasteiger partial charge on any atom is 0.256 e. The maximum atomic E-state index is 12.8. The summed E-state index contributed by atoms with van der Waals surface area (Å²) in [5.74, 6) is 1.20. The number of piperazine rings is 1. The first kappa shape index (κ1) is 23.7. The van der Waals surface area contributed by atoms with E-state index in [0.29, 0.717) is 42.6 Å². The second-order valence-corrected chi connectivity index (χ2v) is 8.70. The van der Waals surface area contributed by atoms with Gasteiger partial charge in [-0.2, -0.15) is 0 Å². The summed E-state index contributed by atoms with van der Waals surface area (Å²) in [5.41, 5.74) is 3.96. The molecule has 1 amide bonds. The van der Waals surface area contributed by atoms with Crippen LogP contribution in [0.3, 0.4) is 0 Å². The van der Waals surface area contributed by atoms with Gasteiger partial charge in [-0.05, 0) is 48.4 Å². The van der Waals surface area contributed by atoms with Crippen molar-refractivity contribution in [1.82, 2.24) is 19.8 Å². The van der Waals surface area contributed by atoms with Crippen LogP contribution in [0.4, 0.5) is 0 Å². The smallest absolute Gasteiger partial charge is 0.256 e. The molecule has 8 heteroatoms. The Morgan fingerprint density at radius 3 is 2.59 bits per heavy atom. The number of hydrogen-bond acceptors (Lipinski definition) is 4. The van der Waals surface area contributed by atoms with Gasteiger partial charge in [0.25, 0.3) is 5.91 Å². The number of imidazole rings is 1. The summed E-state index contributed by atoms with van der Waals surface area (Å²) in [6.07, 6.45) is 2.64. The Labute approximate surface area is 204 Å². The molecule has 3 aromatic rings. The van der Waals surface area contributed by atoms with Gasteiger partial charge < -0.3 is 19.9 Å². The number of amides is 1. The quantitative estimate of drug-likeness (QED) is 0.330. The van der Waals surface area contributed by atoms with Crippen molar-refractivity contribution in [3.05, 3.63) is 83.2 Å². The topological polar surface area (TPSA) is 84.8 Å². The molecule has 0 spiro atoms. The van der Waals surface area contributed by atoms with Gasteiger partial charge in [0.05, 0.1) is 11.0 Å². The molecule has 1 atom stereocenters. The van der Waals surface area contributed by atoms with Crippen molar-refractivity contribution in [2.75, 3.05) is 33.2 Å². The predicted molar refractivity (Wildman–Crippen MR) is 137 cm³/mol. The van der Waals surface area contributed by atoms with Crippen molar-refractivity contribution in [3.8, 4) is 0 Å². The van der Waals surface area contributed by atoms with Gasteiger partial charge in [0.15, 0.2) is 6.10 Å². The lowest BCUT2D eigenvalue weighted by Gasteiger charge is -2.36. The van der Waals surface area contributed by atoms with Crippen molar-refractivity contribution in [1.29, 1.82) is 0 Å². The standard InChI is InChI=1S/C26H28ClN5O2/c1-17-6-4-5-7-20(17)24(33)26(34)32-14-12-31(13-15-32)23(28-3)11-8-18(2)25-29-21-10-9-19(27)16-22(21)30-25/h4-11,16,24,33H,2,12-15H2,1,3H3,(H,29,30)/b11-8-,28-23?. The van der Waals surface area contributed by atoms with E-state index in [0.717, 1.165) is 28.0 Å². The summed E-state index contributed by atoms with van der Waals surface area (Å²) in [4.78, 5) is 28.9. The first-order valence-corrected chi connectivity index (χ1v) is 11.5. The number of aliphatic imine (C=N–C) groups is 1. The first-order chi connectivity index (χ1) is 16.4. The van der Waals surface area contributed by atoms with Gasteiger partial charge in [0, 0.05) is 43.8 Å². The predicted octanol–water partition coefficient (Wildman–Crippen LogP) is 4.00. The fourth-order valence-corrected chi connectivity index (χ4v) is 4.24. The van der Waals surface area contributed by atoms with Crippen molar-refractivity contribution in [2.45, 2.75) is 13.0 Å². The zero-order valence-corrected chi connectivity index (χ0v) is 20.1. The van der Waals surface area contributed by atoms with Gasteiger partial charge in [-0.25, -0.2) is 4.98 Å². The van der Waals surface area contributed by atoms with E-state index >= 15 is 0 Å². The largest absolute Gasteiger partial charge is 0.378 e. The summed E-state index contributed by atoms with van der Waals surface area (Å²) >= 11 is 6.06. The average molecular weight is 478 g/mol. The molecule has 1 aromatic heterocycles. The lowest BCUT2D eigenvalue weighted by atomic mass is 10.0. The molecule has 2 aromatic carbocycles. The molecule has 7 nitrogen and oxygen atoms in total. The van der Waals surface area contributed by atoms with Crippen LogP contribution in [0.25, 0.3) is 16.6 Å². The number of carbonyl (C=O) groups excluding carboxylic acids is 1. The summed E-state index contributed by atoms with van der Waals surface area (Å²) in [6.45, 7) is 8.29. The van der Waals surface area contributed by atoms with E-state index in [-0.39, 0.29) is 5.91 Å². The van der Waals surface area contributed by atoms with Crippen molar-refractivity contribution in [2.24, 2.45) is 4.99 Å². The monoisotopic (exact) mass is 477 g/mol. The average Bonchev–Trinajstić information content (AvgIpc) is 3.27. The Morgan fingerprint density at radius 1 is 1.18 bits per heavy atom. The zero-order chi connectivity index (χ0) is 24.2. The second-order valence-electron chi connectivity index (χ2n) is 8.26. The summed E-state index contributed by atoms with van der Waals surface area (Å²) in [6, 6.07) is 12.9. The van der Waals surface area contributed by atoms with Crippen LogP contribution in [0.15, 0.2) is 66.2 Å². The molecular weight excluding hydrogens is 450 g/mol. The normalized spacial score (nSPS) is 15.8. The molecule has 176 valence electrons. The van der Waals surface area contributed by atoms with Crippen LogP contribution in [0.1, 0.15) is 23.1 Å². The Bertz CT molecular complexity index is 1270. The molecule has 2 N–H and O–H groups in total. The Hall–Kier alpha value is -3.42. The Morgan fingerprint density at radius 2 is 1.88 bits per heavy atom. The van der Waals surface area contributed by atoms with Crippen LogP contribution in [0, 0.1) is 6.92 Å². The number of carbonyl (C=O) groups is 1. The number of rotatable bonds is 5. The molecule has 0 saturated carbocycles. The number of H-pyrrole nitrogens is 1. The third kappa shape index (κ3) is 5.05. The third-order valence-electron chi connectivity index (χ3n) is 6.04. The summed E-state index contributed by atoms with van der Waals surface area (Å²) < 4.78 is 0. The molecule has 1 aliphatic rings. The number of benzene rings is 2. The highest BCUT2D eigenvalue weighted by Gasteiger charge is 2.28. The number of halogens is 1. The number of aromatic amines is 1. The van der Waals surface area contributed by atoms with Crippen molar-refractivity contribution < 1.29 is 9.90 Å². The van der Waals surface area contributed by atoms with Crippen LogP contribution in [0.2, 0.25) is 5.02 Å².